The third kappa shape index (κ3) is 6.96. The smallest absolute Gasteiger partial charge is 0.252 e. The third-order valence-corrected chi connectivity index (χ3v) is 26.6. The van der Waals surface area contributed by atoms with Crippen LogP contribution < -0.4 is 26.2 Å². The fourth-order valence-corrected chi connectivity index (χ4v) is 22.8. The van der Waals surface area contributed by atoms with E-state index in [2.05, 4.69) is 390 Å². The van der Waals surface area contributed by atoms with E-state index < -0.39 is 16.2 Å². The molecule has 0 N–H and O–H groups in total. The molecule has 109 heavy (non-hydrogen) atoms. The molecule has 500 valence electrons. The topological polar surface area (TPSA) is 11.4 Å². The molecule has 0 radical (unpaired) electrons. The van der Waals surface area contributed by atoms with Gasteiger partial charge >= 0.3 is 0 Å². The molecule has 18 aromatic rings. The van der Waals surface area contributed by atoms with Crippen LogP contribution in [0.2, 0.25) is 0 Å². The van der Waals surface area contributed by atoms with Crippen LogP contribution in [0.15, 0.2) is 376 Å². The first kappa shape index (κ1) is 58.5. The first-order valence-corrected chi connectivity index (χ1v) is 38.4. The Morgan fingerprint density at radius 3 is 1.02 bits per heavy atom. The SMILES string of the molecule is c1ccc(-c2ccc(N3c4cc5c(cc4B4c6c3cc(-n3c7ccccc7c7ccccc73)cc6N(c3ccc6c(c3)C3(c7ccccc7-c7ccccc73)c3ccccc3-6)c3ccc6c(c34)C3(c4ccccc4-c4ccccc43)c3ccccc3-6)C3(c4ccccc4-c4ccccc43)c3ccccc3-5)cc2)cc1. The van der Waals surface area contributed by atoms with Gasteiger partial charge in [-0.05, 0) is 222 Å². The summed E-state index contributed by atoms with van der Waals surface area (Å²) >= 11 is 0. The number of anilines is 6. The number of hydrogen-bond donors (Lipinski definition) is 0. The molecule has 3 heterocycles. The van der Waals surface area contributed by atoms with E-state index >= 15 is 0 Å². The van der Waals surface area contributed by atoms with Crippen LogP contribution >= 0.6 is 0 Å². The van der Waals surface area contributed by atoms with Crippen molar-refractivity contribution in [3.63, 3.8) is 0 Å². The maximum atomic E-state index is 2.76. The van der Waals surface area contributed by atoms with E-state index in [4.69, 9.17) is 0 Å². The Morgan fingerprint density at radius 2 is 0.550 bits per heavy atom. The molecular formula is C105H62BN3. The monoisotopic (exact) mass is 1380 g/mol. The Balaban J connectivity index is 0.855. The molecule has 0 bridgehead atoms. The first-order chi connectivity index (χ1) is 54.1. The predicted molar refractivity (Wildman–Crippen MR) is 449 cm³/mol. The molecule has 3 nitrogen and oxygen atoms in total. The molecule has 1 aromatic heterocycles. The normalized spacial score (nSPS) is 15.0. The number of hydrogen-bond acceptors (Lipinski definition) is 2. The van der Waals surface area contributed by atoms with Crippen LogP contribution in [0, 0.1) is 0 Å². The van der Waals surface area contributed by atoms with Crippen LogP contribution in [0.3, 0.4) is 0 Å². The second-order valence-corrected chi connectivity index (χ2v) is 31.1. The van der Waals surface area contributed by atoms with Gasteiger partial charge in [-0.1, -0.05) is 315 Å². The van der Waals surface area contributed by atoms with E-state index in [1.807, 2.05) is 0 Å². The summed E-state index contributed by atoms with van der Waals surface area (Å²) in [5.41, 5.74) is 45.8. The average Bonchev–Trinajstić information content (AvgIpc) is 1.52. The van der Waals surface area contributed by atoms with Gasteiger partial charge in [0, 0.05) is 44.9 Å². The quantitative estimate of drug-likeness (QED) is 0.163. The molecule has 2 aliphatic heterocycles. The Bertz CT molecular complexity index is 6930. The highest BCUT2D eigenvalue weighted by molar-refractivity contribution is 7.01. The van der Waals surface area contributed by atoms with Crippen LogP contribution in [0.1, 0.15) is 66.8 Å². The van der Waals surface area contributed by atoms with Gasteiger partial charge in [0.1, 0.15) is 0 Å². The molecule has 17 aromatic carbocycles. The molecule has 0 amide bonds. The molecule has 0 fully saturated rings. The number of nitrogens with zero attached hydrogens (tertiary/aromatic N) is 3. The second-order valence-electron chi connectivity index (χ2n) is 31.1. The zero-order valence-corrected chi connectivity index (χ0v) is 59.2. The van der Waals surface area contributed by atoms with Crippen molar-refractivity contribution >= 4 is 79.0 Å². The molecule has 0 saturated heterocycles. The van der Waals surface area contributed by atoms with Gasteiger partial charge < -0.3 is 14.4 Å². The largest absolute Gasteiger partial charge is 0.311 e. The molecule has 8 aliphatic rings. The highest BCUT2D eigenvalue weighted by Gasteiger charge is 2.59. The molecule has 4 heteroatoms. The summed E-state index contributed by atoms with van der Waals surface area (Å²) in [5.74, 6) is 0. The Morgan fingerprint density at radius 1 is 0.202 bits per heavy atom. The number of aromatic nitrogens is 1. The predicted octanol–water partition coefficient (Wildman–Crippen LogP) is 23.6. The highest BCUT2D eigenvalue weighted by atomic mass is 15.2. The molecule has 0 saturated carbocycles. The van der Waals surface area contributed by atoms with Crippen molar-refractivity contribution in [2.45, 2.75) is 16.2 Å². The lowest BCUT2D eigenvalue weighted by Crippen LogP contribution is -2.63. The summed E-state index contributed by atoms with van der Waals surface area (Å²) in [4.78, 5) is 5.45. The van der Waals surface area contributed by atoms with Crippen LogP contribution in [0.4, 0.5) is 34.1 Å². The Labute approximate surface area is 631 Å². The second kappa shape index (κ2) is 20.8. The fraction of sp³-hybridized carbons (Fsp3) is 0.0286. The molecule has 3 spiro atoms. The van der Waals surface area contributed by atoms with Crippen molar-refractivity contribution < 1.29 is 0 Å². The highest BCUT2D eigenvalue weighted by Crippen LogP contribution is 2.68. The molecular weight excluding hydrogens is 1310 g/mol. The lowest BCUT2D eigenvalue weighted by atomic mass is 9.31. The zero-order valence-electron chi connectivity index (χ0n) is 59.2. The number of rotatable bonds is 4. The van der Waals surface area contributed by atoms with Gasteiger partial charge in [-0.25, -0.2) is 0 Å². The minimum Gasteiger partial charge on any atom is -0.311 e. The number of para-hydroxylation sites is 2. The number of benzene rings is 17. The van der Waals surface area contributed by atoms with Gasteiger partial charge in [-0.3, -0.25) is 0 Å². The summed E-state index contributed by atoms with van der Waals surface area (Å²) < 4.78 is 2.56. The van der Waals surface area contributed by atoms with E-state index in [0.717, 1.165) is 39.5 Å². The van der Waals surface area contributed by atoms with Gasteiger partial charge in [-0.2, -0.15) is 0 Å². The standard InChI is InChI=1S/C105H62BN3/c1-2-26-63(27-3-1)64-50-52-65(53-51-64)107-97-61-81-76-36-12-20-44-87(76)104(84-41-17-6-30-70(84)71-31-7-18-42-85(71)104)92(81)62-93(97)106-101-98(107)59-67(109-94-48-24-13-37-78(94)79-38-14-25-49-95(79)109)60-99(101)108(66-54-55-77-74-34-8-19-43-86(74)103(91(77)58-66)82-39-15-4-28-68(82)69-29-5-16-40-83(69)103)96-57-56-80-75-35-11-23-47-90(75)105(100(80)102(96)106)88-45-21-9-32-72(88)73-33-10-22-46-89(73)105/h1-62H. The summed E-state index contributed by atoms with van der Waals surface area (Å²) in [6.45, 7) is -0.337. The van der Waals surface area contributed by atoms with Gasteiger partial charge in [0.25, 0.3) is 6.71 Å². The summed E-state index contributed by atoms with van der Waals surface area (Å²) in [5, 5.41) is 2.44. The van der Waals surface area contributed by atoms with Crippen LogP contribution in [0.5, 0.6) is 0 Å². The van der Waals surface area contributed by atoms with Gasteiger partial charge in [-0.15, -0.1) is 0 Å². The fourth-order valence-electron chi connectivity index (χ4n) is 22.8. The van der Waals surface area contributed by atoms with Gasteiger partial charge in [0.15, 0.2) is 0 Å². The molecule has 0 unspecified atom stereocenters. The van der Waals surface area contributed by atoms with Gasteiger partial charge in [0.2, 0.25) is 0 Å². The van der Waals surface area contributed by atoms with E-state index in [1.165, 1.54) is 183 Å². The van der Waals surface area contributed by atoms with Gasteiger partial charge in [0.05, 0.1) is 33.0 Å². The maximum Gasteiger partial charge on any atom is 0.252 e. The van der Waals surface area contributed by atoms with Crippen LogP contribution in [-0.2, 0) is 16.2 Å². The van der Waals surface area contributed by atoms with E-state index in [9.17, 15) is 0 Å². The number of fused-ring (bicyclic) bond motifs is 38. The van der Waals surface area contributed by atoms with Crippen molar-refractivity contribution in [2.24, 2.45) is 0 Å². The minimum absolute atomic E-state index is 0.337. The summed E-state index contributed by atoms with van der Waals surface area (Å²) in [6, 6.07) is 146. The minimum atomic E-state index is -0.723. The zero-order chi connectivity index (χ0) is 70.7. The van der Waals surface area contributed by atoms with Crippen molar-refractivity contribution in [1.82, 2.24) is 4.57 Å². The van der Waals surface area contributed by atoms with Crippen molar-refractivity contribution in [3.8, 4) is 83.6 Å². The maximum absolute atomic E-state index is 2.76. The van der Waals surface area contributed by atoms with E-state index in [1.54, 1.807) is 0 Å². The first-order valence-electron chi connectivity index (χ1n) is 38.4. The summed E-state index contributed by atoms with van der Waals surface area (Å²) in [7, 11) is 0. The van der Waals surface area contributed by atoms with E-state index in [0.29, 0.717) is 0 Å². The van der Waals surface area contributed by atoms with Crippen LogP contribution in [-0.4, -0.2) is 11.3 Å². The van der Waals surface area contributed by atoms with Crippen molar-refractivity contribution in [2.75, 3.05) is 9.80 Å². The van der Waals surface area contributed by atoms with Crippen molar-refractivity contribution in [1.29, 1.82) is 0 Å². The molecule has 6 aliphatic carbocycles. The Hall–Kier alpha value is -13.8. The summed E-state index contributed by atoms with van der Waals surface area (Å²) in [6.07, 6.45) is 0. The lowest BCUT2D eigenvalue weighted by molar-refractivity contribution is 0.793. The third-order valence-electron chi connectivity index (χ3n) is 26.6. The molecule has 0 atom stereocenters. The van der Waals surface area contributed by atoms with Crippen LogP contribution in [0.25, 0.3) is 105 Å². The van der Waals surface area contributed by atoms with E-state index in [-0.39, 0.29) is 6.71 Å². The average molecular weight is 1380 g/mol. The van der Waals surface area contributed by atoms with Crippen molar-refractivity contribution in [3.05, 3.63) is 443 Å². The Kier molecular flexibility index (Phi) is 11.2. The molecule has 26 rings (SSSR count). The lowest BCUT2D eigenvalue weighted by Gasteiger charge is -2.47.